The number of thiophene rings is 1. The molecular formula is C13H14ClN3O3S. The molecule has 0 bridgehead atoms. The molecule has 2 aromatic rings. The minimum Gasteiger partial charge on any atom is -0.479 e. The van der Waals surface area contributed by atoms with E-state index in [1.807, 2.05) is 0 Å². The number of carbonyl (C=O) groups is 2. The second-order valence-corrected chi connectivity index (χ2v) is 6.77. The molecule has 0 aromatic carbocycles. The molecule has 0 radical (unpaired) electrons. The fourth-order valence-corrected chi connectivity index (χ4v) is 2.69. The van der Waals surface area contributed by atoms with Gasteiger partial charge in [-0.25, -0.2) is 4.79 Å². The summed E-state index contributed by atoms with van der Waals surface area (Å²) in [5.74, 6) is -1.21. The van der Waals surface area contributed by atoms with Crippen LogP contribution in [-0.4, -0.2) is 26.8 Å². The number of aromatic nitrogens is 2. The molecule has 6 nitrogen and oxygen atoms in total. The lowest BCUT2D eigenvalue weighted by molar-refractivity contribution is -0.146. The highest BCUT2D eigenvalue weighted by atomic mass is 35.5. The summed E-state index contributed by atoms with van der Waals surface area (Å²) in [6.07, 6.45) is 3.13. The van der Waals surface area contributed by atoms with Crippen LogP contribution < -0.4 is 5.32 Å². The largest absolute Gasteiger partial charge is 0.479 e. The van der Waals surface area contributed by atoms with Gasteiger partial charge < -0.3 is 10.4 Å². The lowest BCUT2D eigenvalue weighted by Crippen LogP contribution is -2.35. The predicted octanol–water partition coefficient (Wildman–Crippen LogP) is 2.60. The zero-order chi connectivity index (χ0) is 15.6. The highest BCUT2D eigenvalue weighted by Crippen LogP contribution is 2.22. The fraction of sp³-hybridized carbons (Fsp3) is 0.308. The van der Waals surface area contributed by atoms with Gasteiger partial charge in [0.05, 0.1) is 22.6 Å². The number of amides is 1. The quantitative estimate of drug-likeness (QED) is 0.884. The molecule has 0 fully saturated rings. The number of anilines is 1. The van der Waals surface area contributed by atoms with Crippen molar-refractivity contribution in [2.24, 2.45) is 0 Å². The average Bonchev–Trinajstić information content (AvgIpc) is 2.99. The molecule has 0 atom stereocenters. The van der Waals surface area contributed by atoms with Crippen LogP contribution in [0.15, 0.2) is 24.5 Å². The molecule has 112 valence electrons. The SMILES string of the molecule is CC(C)(C(=O)O)n1cc(NC(=O)Cc2ccc(Cl)s2)cn1. The minimum absolute atomic E-state index is 0.207. The van der Waals surface area contributed by atoms with Gasteiger partial charge in [-0.1, -0.05) is 11.6 Å². The van der Waals surface area contributed by atoms with Crippen molar-refractivity contribution in [2.75, 3.05) is 5.32 Å². The van der Waals surface area contributed by atoms with Gasteiger partial charge in [0.2, 0.25) is 5.91 Å². The van der Waals surface area contributed by atoms with E-state index in [4.69, 9.17) is 16.7 Å². The van der Waals surface area contributed by atoms with Crippen LogP contribution in [0.3, 0.4) is 0 Å². The van der Waals surface area contributed by atoms with E-state index in [0.717, 1.165) is 4.88 Å². The van der Waals surface area contributed by atoms with Crippen LogP contribution in [0.1, 0.15) is 18.7 Å². The Morgan fingerprint density at radius 1 is 1.48 bits per heavy atom. The van der Waals surface area contributed by atoms with Gasteiger partial charge >= 0.3 is 5.97 Å². The third kappa shape index (κ3) is 3.62. The molecule has 0 aliphatic carbocycles. The molecule has 0 aliphatic rings. The Labute approximate surface area is 130 Å². The van der Waals surface area contributed by atoms with E-state index in [1.165, 1.54) is 42.3 Å². The van der Waals surface area contributed by atoms with Crippen molar-refractivity contribution < 1.29 is 14.7 Å². The van der Waals surface area contributed by atoms with Gasteiger partial charge in [0.25, 0.3) is 0 Å². The Kier molecular flexibility index (Phi) is 4.34. The first kappa shape index (κ1) is 15.5. The number of hydrogen-bond acceptors (Lipinski definition) is 4. The smallest absolute Gasteiger partial charge is 0.331 e. The molecule has 0 saturated carbocycles. The number of nitrogens with one attached hydrogen (secondary N) is 1. The Hall–Kier alpha value is -1.86. The fourth-order valence-electron chi connectivity index (χ4n) is 1.60. The van der Waals surface area contributed by atoms with E-state index in [1.54, 1.807) is 12.1 Å². The summed E-state index contributed by atoms with van der Waals surface area (Å²) in [6, 6.07) is 3.53. The van der Waals surface area contributed by atoms with Crippen molar-refractivity contribution in [3.63, 3.8) is 0 Å². The number of nitrogens with zero attached hydrogens (tertiary/aromatic N) is 2. The third-order valence-electron chi connectivity index (χ3n) is 2.93. The number of hydrogen-bond donors (Lipinski definition) is 2. The van der Waals surface area contributed by atoms with E-state index in [-0.39, 0.29) is 12.3 Å². The molecule has 0 saturated heterocycles. The molecule has 0 spiro atoms. The standard InChI is InChI=1S/C13H14ClN3O3S/c1-13(2,12(19)20)17-7-8(6-15-17)16-11(18)5-9-3-4-10(14)21-9/h3-4,6-7H,5H2,1-2H3,(H,16,18)(H,19,20). The van der Waals surface area contributed by atoms with E-state index in [0.29, 0.717) is 10.0 Å². The monoisotopic (exact) mass is 327 g/mol. The van der Waals surface area contributed by atoms with Gasteiger partial charge in [-0.2, -0.15) is 5.10 Å². The lowest BCUT2D eigenvalue weighted by Gasteiger charge is -2.19. The molecule has 0 aliphatic heterocycles. The molecule has 0 unspecified atom stereocenters. The van der Waals surface area contributed by atoms with Crippen molar-refractivity contribution in [3.8, 4) is 0 Å². The first-order chi connectivity index (χ1) is 9.79. The molecule has 2 rings (SSSR count). The average molecular weight is 328 g/mol. The van der Waals surface area contributed by atoms with Crippen molar-refractivity contribution >= 4 is 40.5 Å². The van der Waals surface area contributed by atoms with Gasteiger partial charge in [-0.3, -0.25) is 9.48 Å². The van der Waals surface area contributed by atoms with Crippen LogP contribution in [0.5, 0.6) is 0 Å². The van der Waals surface area contributed by atoms with Gasteiger partial charge in [-0.15, -0.1) is 11.3 Å². The second kappa shape index (κ2) is 5.87. The molecule has 2 aromatic heterocycles. The Morgan fingerprint density at radius 3 is 2.76 bits per heavy atom. The number of carboxylic acid groups (broad SMARTS) is 1. The van der Waals surface area contributed by atoms with Crippen molar-refractivity contribution in [3.05, 3.63) is 33.7 Å². The van der Waals surface area contributed by atoms with Crippen molar-refractivity contribution in [2.45, 2.75) is 25.8 Å². The maximum atomic E-state index is 11.9. The van der Waals surface area contributed by atoms with Gasteiger partial charge in [-0.05, 0) is 26.0 Å². The van der Waals surface area contributed by atoms with Gasteiger partial charge in [0.1, 0.15) is 0 Å². The van der Waals surface area contributed by atoms with Crippen LogP contribution in [-0.2, 0) is 21.5 Å². The maximum Gasteiger partial charge on any atom is 0.331 e. The first-order valence-corrected chi connectivity index (χ1v) is 7.31. The number of halogens is 1. The Bertz CT molecular complexity index is 678. The van der Waals surface area contributed by atoms with Crippen LogP contribution in [0.2, 0.25) is 4.34 Å². The summed E-state index contributed by atoms with van der Waals surface area (Å²) in [5.41, 5.74) is -0.721. The Morgan fingerprint density at radius 2 is 2.19 bits per heavy atom. The highest BCUT2D eigenvalue weighted by molar-refractivity contribution is 7.16. The highest BCUT2D eigenvalue weighted by Gasteiger charge is 2.30. The number of aliphatic carboxylic acids is 1. The summed E-state index contributed by atoms with van der Waals surface area (Å²) in [4.78, 5) is 23.9. The summed E-state index contributed by atoms with van der Waals surface area (Å²) >= 11 is 7.15. The van der Waals surface area contributed by atoms with E-state index < -0.39 is 11.5 Å². The molecule has 2 N–H and O–H groups in total. The molecular weight excluding hydrogens is 314 g/mol. The van der Waals surface area contributed by atoms with E-state index in [2.05, 4.69) is 10.4 Å². The summed E-state index contributed by atoms with van der Waals surface area (Å²) < 4.78 is 1.93. The summed E-state index contributed by atoms with van der Waals surface area (Å²) in [7, 11) is 0. The first-order valence-electron chi connectivity index (χ1n) is 6.11. The third-order valence-corrected chi connectivity index (χ3v) is 4.16. The van der Waals surface area contributed by atoms with Gasteiger partial charge in [0.15, 0.2) is 5.54 Å². The zero-order valence-electron chi connectivity index (χ0n) is 11.5. The minimum atomic E-state index is -1.18. The molecule has 8 heteroatoms. The zero-order valence-corrected chi connectivity index (χ0v) is 13.0. The van der Waals surface area contributed by atoms with Crippen LogP contribution >= 0.6 is 22.9 Å². The number of rotatable bonds is 5. The van der Waals surface area contributed by atoms with Crippen LogP contribution in [0.4, 0.5) is 5.69 Å². The lowest BCUT2D eigenvalue weighted by atomic mass is 10.1. The molecule has 1 amide bonds. The molecule has 2 heterocycles. The number of carboxylic acids is 1. The van der Waals surface area contributed by atoms with E-state index in [9.17, 15) is 9.59 Å². The predicted molar refractivity (Wildman–Crippen MR) is 80.8 cm³/mol. The Balaban J connectivity index is 2.02. The normalized spacial score (nSPS) is 11.4. The molecule has 21 heavy (non-hydrogen) atoms. The number of carbonyl (C=O) groups excluding carboxylic acids is 1. The van der Waals surface area contributed by atoms with E-state index >= 15 is 0 Å². The summed E-state index contributed by atoms with van der Waals surface area (Å²) in [5, 5.41) is 15.8. The van der Waals surface area contributed by atoms with Gasteiger partial charge in [0, 0.05) is 11.1 Å². The maximum absolute atomic E-state index is 11.9. The van der Waals surface area contributed by atoms with Crippen LogP contribution in [0.25, 0.3) is 0 Å². The summed E-state index contributed by atoms with van der Waals surface area (Å²) in [6.45, 7) is 3.06. The topological polar surface area (TPSA) is 84.2 Å². The van der Waals surface area contributed by atoms with Crippen LogP contribution in [0, 0.1) is 0 Å². The second-order valence-electron chi connectivity index (χ2n) is 4.97. The van der Waals surface area contributed by atoms with Crippen molar-refractivity contribution in [1.29, 1.82) is 0 Å². The van der Waals surface area contributed by atoms with Crippen molar-refractivity contribution in [1.82, 2.24) is 9.78 Å².